The third-order valence-electron chi connectivity index (χ3n) is 3.63. The third kappa shape index (κ3) is 3.08. The Morgan fingerprint density at radius 3 is 2.79 bits per heavy atom. The molecule has 0 radical (unpaired) electrons. The Bertz CT molecular complexity index is 530. The van der Waals surface area contributed by atoms with Gasteiger partial charge >= 0.3 is 0 Å². The summed E-state index contributed by atoms with van der Waals surface area (Å²) < 4.78 is 32.7. The van der Waals surface area contributed by atoms with Crippen molar-refractivity contribution in [3.05, 3.63) is 24.3 Å². The summed E-state index contributed by atoms with van der Waals surface area (Å²) in [6.07, 6.45) is 2.84. The monoisotopic (exact) mass is 284 g/mol. The molecule has 1 aromatic rings. The van der Waals surface area contributed by atoms with Gasteiger partial charge in [-0.05, 0) is 37.4 Å². The zero-order chi connectivity index (χ0) is 13.9. The molecule has 0 unspecified atom stereocenters. The van der Waals surface area contributed by atoms with Crippen LogP contribution in [0, 0.1) is 5.92 Å². The van der Waals surface area contributed by atoms with E-state index in [0.29, 0.717) is 12.3 Å². The topological polar surface area (TPSA) is 81.4 Å². The van der Waals surface area contributed by atoms with Crippen LogP contribution in [0.15, 0.2) is 29.2 Å². The van der Waals surface area contributed by atoms with Crippen LogP contribution in [0.5, 0.6) is 5.75 Å². The van der Waals surface area contributed by atoms with Crippen molar-refractivity contribution in [2.45, 2.75) is 30.2 Å². The average molecular weight is 284 g/mol. The van der Waals surface area contributed by atoms with Gasteiger partial charge in [-0.2, -0.15) is 0 Å². The zero-order valence-electron chi connectivity index (χ0n) is 11.0. The molecular formula is C13H20N2O3S. The number of benzene rings is 1. The van der Waals surface area contributed by atoms with E-state index in [4.69, 9.17) is 10.5 Å². The third-order valence-corrected chi connectivity index (χ3v) is 5.16. The van der Waals surface area contributed by atoms with Crippen molar-refractivity contribution in [2.24, 2.45) is 11.7 Å². The van der Waals surface area contributed by atoms with E-state index in [0.717, 1.165) is 19.3 Å². The normalized spacial score (nSPS) is 23.5. The summed E-state index contributed by atoms with van der Waals surface area (Å²) in [5.41, 5.74) is 5.68. The summed E-state index contributed by atoms with van der Waals surface area (Å²) in [5.74, 6) is 0.585. The van der Waals surface area contributed by atoms with Crippen molar-refractivity contribution in [3.8, 4) is 5.75 Å². The fraction of sp³-hybridized carbons (Fsp3) is 0.538. The summed E-state index contributed by atoms with van der Waals surface area (Å²) in [7, 11) is -2.10. The van der Waals surface area contributed by atoms with Gasteiger partial charge in [0.1, 0.15) is 10.6 Å². The SMILES string of the molecule is COc1ccccc1S(=O)(=O)N[C@H]1CCC[C@@H]1CN. The number of rotatable bonds is 5. The molecule has 1 aliphatic carbocycles. The number of para-hydroxylation sites is 1. The molecule has 19 heavy (non-hydrogen) atoms. The standard InChI is InChI=1S/C13H20N2O3S/c1-18-12-7-2-3-8-13(12)19(16,17)15-11-6-4-5-10(11)9-14/h2-3,7-8,10-11,15H,4-6,9,14H2,1H3/t10-,11+/m1/s1. The first-order valence-corrected chi connectivity index (χ1v) is 7.92. The summed E-state index contributed by atoms with van der Waals surface area (Å²) in [6.45, 7) is 0.513. The largest absolute Gasteiger partial charge is 0.495 e. The highest BCUT2D eigenvalue weighted by Gasteiger charge is 2.31. The van der Waals surface area contributed by atoms with Crippen LogP contribution in [0.25, 0.3) is 0 Å². The van der Waals surface area contributed by atoms with Gasteiger partial charge in [0, 0.05) is 6.04 Å². The summed E-state index contributed by atoms with van der Waals surface area (Å²) in [6, 6.07) is 6.55. The van der Waals surface area contributed by atoms with Crippen LogP contribution < -0.4 is 15.2 Å². The van der Waals surface area contributed by atoms with Gasteiger partial charge in [0.25, 0.3) is 0 Å². The van der Waals surface area contributed by atoms with Crippen LogP contribution in [0.4, 0.5) is 0 Å². The number of hydrogen-bond donors (Lipinski definition) is 2. The highest BCUT2D eigenvalue weighted by Crippen LogP contribution is 2.28. The molecule has 3 N–H and O–H groups in total. The highest BCUT2D eigenvalue weighted by atomic mass is 32.2. The average Bonchev–Trinajstić information content (AvgIpc) is 2.85. The second-order valence-electron chi connectivity index (χ2n) is 4.81. The molecule has 106 valence electrons. The van der Waals surface area contributed by atoms with Gasteiger partial charge in [0.05, 0.1) is 7.11 Å². The Hall–Kier alpha value is -1.11. The molecular weight excluding hydrogens is 264 g/mol. The molecule has 0 aromatic heterocycles. The van der Waals surface area contributed by atoms with Gasteiger partial charge in [-0.25, -0.2) is 13.1 Å². The van der Waals surface area contributed by atoms with E-state index in [1.165, 1.54) is 7.11 Å². The van der Waals surface area contributed by atoms with Gasteiger partial charge < -0.3 is 10.5 Å². The Morgan fingerprint density at radius 2 is 2.11 bits per heavy atom. The molecule has 1 aromatic carbocycles. The molecule has 0 saturated heterocycles. The number of sulfonamides is 1. The molecule has 1 saturated carbocycles. The lowest BCUT2D eigenvalue weighted by Gasteiger charge is -2.20. The predicted molar refractivity (Wildman–Crippen MR) is 73.5 cm³/mol. The molecule has 0 heterocycles. The van der Waals surface area contributed by atoms with Crippen molar-refractivity contribution >= 4 is 10.0 Å². The van der Waals surface area contributed by atoms with E-state index in [9.17, 15) is 8.42 Å². The fourth-order valence-corrected chi connectivity index (χ4v) is 4.09. The lowest BCUT2D eigenvalue weighted by molar-refractivity contribution is 0.400. The van der Waals surface area contributed by atoms with Gasteiger partial charge in [-0.3, -0.25) is 0 Å². The Balaban J connectivity index is 2.23. The Morgan fingerprint density at radius 1 is 1.37 bits per heavy atom. The van der Waals surface area contributed by atoms with E-state index < -0.39 is 10.0 Å². The molecule has 1 fully saturated rings. The molecule has 1 aliphatic rings. The van der Waals surface area contributed by atoms with Crippen LogP contribution in [0.1, 0.15) is 19.3 Å². The lowest BCUT2D eigenvalue weighted by atomic mass is 10.1. The highest BCUT2D eigenvalue weighted by molar-refractivity contribution is 7.89. The zero-order valence-corrected chi connectivity index (χ0v) is 11.8. The molecule has 2 atom stereocenters. The predicted octanol–water partition coefficient (Wildman–Crippen LogP) is 1.10. The minimum Gasteiger partial charge on any atom is -0.495 e. The first kappa shape index (κ1) is 14.3. The number of methoxy groups -OCH3 is 1. The fourth-order valence-electron chi connectivity index (χ4n) is 2.58. The van der Waals surface area contributed by atoms with E-state index in [-0.39, 0.29) is 16.9 Å². The van der Waals surface area contributed by atoms with Gasteiger partial charge in [0.15, 0.2) is 0 Å². The molecule has 0 amide bonds. The summed E-state index contributed by atoms with van der Waals surface area (Å²) >= 11 is 0. The first-order valence-electron chi connectivity index (χ1n) is 6.44. The van der Waals surface area contributed by atoms with Gasteiger partial charge in [-0.1, -0.05) is 18.6 Å². The van der Waals surface area contributed by atoms with Crippen molar-refractivity contribution in [1.82, 2.24) is 4.72 Å². The first-order chi connectivity index (χ1) is 9.08. The quantitative estimate of drug-likeness (QED) is 0.848. The molecule has 0 aliphatic heterocycles. The van der Waals surface area contributed by atoms with Crippen molar-refractivity contribution in [1.29, 1.82) is 0 Å². The number of ether oxygens (including phenoxy) is 1. The number of nitrogens with one attached hydrogen (secondary N) is 1. The Kier molecular flexibility index (Phi) is 4.44. The van der Waals surface area contributed by atoms with Gasteiger partial charge in [0.2, 0.25) is 10.0 Å². The minimum absolute atomic E-state index is 0.0695. The lowest BCUT2D eigenvalue weighted by Crippen LogP contribution is -2.39. The summed E-state index contributed by atoms with van der Waals surface area (Å²) in [5, 5.41) is 0. The van der Waals surface area contributed by atoms with Crippen LogP contribution in [0.3, 0.4) is 0 Å². The van der Waals surface area contributed by atoms with E-state index in [1.807, 2.05) is 0 Å². The molecule has 2 rings (SSSR count). The van der Waals surface area contributed by atoms with E-state index in [1.54, 1.807) is 24.3 Å². The van der Waals surface area contributed by atoms with Crippen molar-refractivity contribution in [3.63, 3.8) is 0 Å². The van der Waals surface area contributed by atoms with Crippen LogP contribution in [-0.2, 0) is 10.0 Å². The second-order valence-corrected chi connectivity index (χ2v) is 6.49. The molecule has 0 spiro atoms. The van der Waals surface area contributed by atoms with Crippen LogP contribution >= 0.6 is 0 Å². The summed E-state index contributed by atoms with van der Waals surface area (Å²) in [4.78, 5) is 0.181. The van der Waals surface area contributed by atoms with E-state index in [2.05, 4.69) is 4.72 Å². The second kappa shape index (κ2) is 5.90. The maximum absolute atomic E-state index is 12.4. The molecule has 6 heteroatoms. The smallest absolute Gasteiger partial charge is 0.244 e. The van der Waals surface area contributed by atoms with Crippen molar-refractivity contribution < 1.29 is 13.2 Å². The van der Waals surface area contributed by atoms with Crippen LogP contribution in [0.2, 0.25) is 0 Å². The Labute approximate surface area is 114 Å². The van der Waals surface area contributed by atoms with Crippen molar-refractivity contribution in [2.75, 3.05) is 13.7 Å². The number of hydrogen-bond acceptors (Lipinski definition) is 4. The van der Waals surface area contributed by atoms with Crippen LogP contribution in [-0.4, -0.2) is 28.1 Å². The minimum atomic E-state index is -3.56. The van der Waals surface area contributed by atoms with E-state index >= 15 is 0 Å². The van der Waals surface area contributed by atoms with Gasteiger partial charge in [-0.15, -0.1) is 0 Å². The molecule has 0 bridgehead atoms. The maximum Gasteiger partial charge on any atom is 0.244 e. The maximum atomic E-state index is 12.4. The number of nitrogens with two attached hydrogens (primary N) is 1. The molecule has 5 nitrogen and oxygen atoms in total.